The van der Waals surface area contributed by atoms with Crippen LogP contribution in [0.5, 0.6) is 0 Å². The second-order valence-corrected chi connectivity index (χ2v) is 7.04. The van der Waals surface area contributed by atoms with Crippen molar-refractivity contribution in [3.8, 4) is 11.1 Å². The average molecular weight is 319 g/mol. The van der Waals surface area contributed by atoms with Gasteiger partial charge in [-0.05, 0) is 53.6 Å². The van der Waals surface area contributed by atoms with Crippen LogP contribution < -0.4 is 0 Å². The van der Waals surface area contributed by atoms with Crippen molar-refractivity contribution in [2.75, 3.05) is 0 Å². The van der Waals surface area contributed by atoms with E-state index >= 15 is 0 Å². The number of carbonyl (C=O) groups is 1. The molecule has 2 unspecified atom stereocenters. The number of hydrogen-bond acceptors (Lipinski definition) is 3. The predicted octanol–water partition coefficient (Wildman–Crippen LogP) is 2.92. The van der Waals surface area contributed by atoms with E-state index in [-0.39, 0.29) is 11.3 Å². The van der Waals surface area contributed by atoms with Crippen LogP contribution in [0.4, 0.5) is 0 Å². The largest absolute Gasteiger partial charge is 0.481 e. The average Bonchev–Trinajstić information content (AvgIpc) is 3.06. The molecule has 0 radical (unpaired) electrons. The van der Waals surface area contributed by atoms with E-state index in [1.165, 1.54) is 16.7 Å². The maximum absolute atomic E-state index is 11.3. The first-order valence-electron chi connectivity index (χ1n) is 8.24. The maximum atomic E-state index is 11.3. The molecule has 0 saturated heterocycles. The van der Waals surface area contributed by atoms with E-state index in [1.54, 1.807) is 4.68 Å². The second kappa shape index (κ2) is 4.44. The number of carboxylic acids is 1. The SMILES string of the molecule is Cn1nnc2ccc(-c3ccc4c(c3)CCC43CC3C(=O)O)cc21. The van der Waals surface area contributed by atoms with E-state index in [1.807, 2.05) is 13.1 Å². The van der Waals surface area contributed by atoms with Gasteiger partial charge in [0.1, 0.15) is 5.52 Å². The summed E-state index contributed by atoms with van der Waals surface area (Å²) in [6.45, 7) is 0. The van der Waals surface area contributed by atoms with Crippen molar-refractivity contribution in [1.29, 1.82) is 0 Å². The molecule has 2 aromatic carbocycles. The predicted molar refractivity (Wildman–Crippen MR) is 89.7 cm³/mol. The second-order valence-electron chi connectivity index (χ2n) is 7.04. The Morgan fingerprint density at radius 3 is 2.83 bits per heavy atom. The molecular weight excluding hydrogens is 302 g/mol. The van der Waals surface area contributed by atoms with E-state index in [9.17, 15) is 9.90 Å². The quantitative estimate of drug-likeness (QED) is 0.788. The van der Waals surface area contributed by atoms with Crippen molar-refractivity contribution in [1.82, 2.24) is 15.0 Å². The van der Waals surface area contributed by atoms with E-state index < -0.39 is 5.97 Å². The highest BCUT2D eigenvalue weighted by Crippen LogP contribution is 2.61. The fourth-order valence-electron chi connectivity index (χ4n) is 4.37. The Morgan fingerprint density at radius 1 is 1.25 bits per heavy atom. The smallest absolute Gasteiger partial charge is 0.307 e. The van der Waals surface area contributed by atoms with Gasteiger partial charge >= 0.3 is 5.97 Å². The van der Waals surface area contributed by atoms with Crippen molar-refractivity contribution in [2.24, 2.45) is 13.0 Å². The molecule has 0 bridgehead atoms. The number of nitrogens with zero attached hydrogens (tertiary/aromatic N) is 3. The van der Waals surface area contributed by atoms with Crippen LogP contribution in [-0.2, 0) is 23.7 Å². The third-order valence-corrected chi connectivity index (χ3v) is 5.80. The summed E-state index contributed by atoms with van der Waals surface area (Å²) in [6, 6.07) is 12.7. The van der Waals surface area contributed by atoms with Crippen LogP contribution in [-0.4, -0.2) is 26.1 Å². The Balaban J connectivity index is 1.57. The van der Waals surface area contributed by atoms with Gasteiger partial charge in [0.05, 0.1) is 11.4 Å². The number of aliphatic carboxylic acids is 1. The molecule has 1 saturated carbocycles. The van der Waals surface area contributed by atoms with Gasteiger partial charge in [-0.25, -0.2) is 4.68 Å². The molecule has 2 aliphatic carbocycles. The molecule has 1 N–H and O–H groups in total. The summed E-state index contributed by atoms with van der Waals surface area (Å²) in [5.74, 6) is -0.845. The van der Waals surface area contributed by atoms with Gasteiger partial charge < -0.3 is 5.11 Å². The maximum Gasteiger partial charge on any atom is 0.307 e. The monoisotopic (exact) mass is 319 g/mol. The van der Waals surface area contributed by atoms with E-state index in [4.69, 9.17) is 0 Å². The fraction of sp³-hybridized carbons (Fsp3) is 0.316. The molecule has 24 heavy (non-hydrogen) atoms. The number of fused-ring (bicyclic) bond motifs is 3. The number of aryl methyl sites for hydroxylation is 2. The number of aromatic nitrogens is 3. The molecular formula is C19H17N3O2. The van der Waals surface area contributed by atoms with Crippen molar-refractivity contribution in [2.45, 2.75) is 24.7 Å². The summed E-state index contributed by atoms with van der Waals surface area (Å²) in [6.07, 6.45) is 2.73. The minimum absolute atomic E-state index is 0.0877. The van der Waals surface area contributed by atoms with Gasteiger partial charge in [0.2, 0.25) is 0 Å². The molecule has 5 heteroatoms. The topological polar surface area (TPSA) is 68.0 Å². The molecule has 3 aromatic rings. The van der Waals surface area contributed by atoms with Crippen LogP contribution in [0, 0.1) is 5.92 Å². The van der Waals surface area contributed by atoms with Crippen LogP contribution in [0.25, 0.3) is 22.2 Å². The van der Waals surface area contributed by atoms with Crippen LogP contribution in [0.2, 0.25) is 0 Å². The van der Waals surface area contributed by atoms with Gasteiger partial charge in [-0.1, -0.05) is 29.5 Å². The Hall–Kier alpha value is -2.69. The molecule has 1 aromatic heterocycles. The van der Waals surface area contributed by atoms with Crippen molar-refractivity contribution < 1.29 is 9.90 Å². The minimum atomic E-state index is -0.652. The lowest BCUT2D eigenvalue weighted by molar-refractivity contribution is -0.139. The van der Waals surface area contributed by atoms with E-state index in [0.29, 0.717) is 0 Å². The Bertz CT molecular complexity index is 1010. The first kappa shape index (κ1) is 13.7. The molecule has 2 atom stereocenters. The Kier molecular flexibility index (Phi) is 2.54. The number of carboxylic acid groups (broad SMARTS) is 1. The van der Waals surface area contributed by atoms with Crippen molar-refractivity contribution in [3.63, 3.8) is 0 Å². The van der Waals surface area contributed by atoms with Crippen LogP contribution in [0.15, 0.2) is 36.4 Å². The Labute approximate surface area is 138 Å². The van der Waals surface area contributed by atoms with Crippen molar-refractivity contribution in [3.05, 3.63) is 47.5 Å². The number of benzene rings is 2. The first-order valence-corrected chi connectivity index (χ1v) is 8.24. The lowest BCUT2D eigenvalue weighted by Gasteiger charge is -2.11. The summed E-state index contributed by atoms with van der Waals surface area (Å²) in [4.78, 5) is 11.3. The van der Waals surface area contributed by atoms with Gasteiger partial charge in [0.15, 0.2) is 0 Å². The van der Waals surface area contributed by atoms with Gasteiger partial charge in [-0.2, -0.15) is 0 Å². The lowest BCUT2D eigenvalue weighted by atomic mass is 9.93. The molecule has 0 amide bonds. The van der Waals surface area contributed by atoms with Crippen LogP contribution >= 0.6 is 0 Å². The van der Waals surface area contributed by atoms with Crippen molar-refractivity contribution >= 4 is 17.0 Å². The van der Waals surface area contributed by atoms with Gasteiger partial charge in [-0.15, -0.1) is 5.10 Å². The fourth-order valence-corrected chi connectivity index (χ4v) is 4.37. The van der Waals surface area contributed by atoms with E-state index in [0.717, 1.165) is 35.9 Å². The lowest BCUT2D eigenvalue weighted by Crippen LogP contribution is -2.11. The molecule has 5 rings (SSSR count). The molecule has 1 heterocycles. The van der Waals surface area contributed by atoms with Crippen LogP contribution in [0.3, 0.4) is 0 Å². The molecule has 5 nitrogen and oxygen atoms in total. The third kappa shape index (κ3) is 1.72. The highest BCUT2D eigenvalue weighted by atomic mass is 16.4. The zero-order chi connectivity index (χ0) is 16.5. The van der Waals surface area contributed by atoms with Gasteiger partial charge in [0.25, 0.3) is 0 Å². The highest BCUT2D eigenvalue weighted by molar-refractivity contribution is 5.82. The molecule has 120 valence electrons. The number of rotatable bonds is 2. The molecule has 0 aliphatic heterocycles. The minimum Gasteiger partial charge on any atom is -0.481 e. The summed E-state index contributed by atoms with van der Waals surface area (Å²) in [5, 5.41) is 17.5. The molecule has 1 fully saturated rings. The molecule has 1 spiro atoms. The summed E-state index contributed by atoms with van der Waals surface area (Å²) in [5.41, 5.74) is 6.68. The standard InChI is InChI=1S/C19H17N3O2/c1-22-17-9-12(3-5-16(17)20-21-22)11-2-4-14-13(8-11)6-7-19(14)10-15(19)18(23)24/h2-5,8-9,15H,6-7,10H2,1H3,(H,23,24). The zero-order valence-corrected chi connectivity index (χ0v) is 13.4. The Morgan fingerprint density at radius 2 is 2.04 bits per heavy atom. The first-order chi connectivity index (χ1) is 11.6. The van der Waals surface area contributed by atoms with E-state index in [2.05, 4.69) is 40.6 Å². The molecule has 2 aliphatic rings. The zero-order valence-electron chi connectivity index (χ0n) is 13.4. The highest BCUT2D eigenvalue weighted by Gasteiger charge is 2.61. The number of hydrogen-bond donors (Lipinski definition) is 1. The van der Waals surface area contributed by atoms with Gasteiger partial charge in [-0.3, -0.25) is 4.79 Å². The van der Waals surface area contributed by atoms with Crippen LogP contribution in [0.1, 0.15) is 24.0 Å². The van der Waals surface area contributed by atoms with Gasteiger partial charge in [0, 0.05) is 12.5 Å². The normalized spacial score (nSPS) is 24.5. The third-order valence-electron chi connectivity index (χ3n) is 5.80. The summed E-state index contributed by atoms with van der Waals surface area (Å²) < 4.78 is 1.78. The summed E-state index contributed by atoms with van der Waals surface area (Å²) >= 11 is 0. The summed E-state index contributed by atoms with van der Waals surface area (Å²) in [7, 11) is 1.89.